The zero-order valence-electron chi connectivity index (χ0n) is 11.8. The van der Waals surface area contributed by atoms with Gasteiger partial charge in [-0.2, -0.15) is 15.0 Å². The van der Waals surface area contributed by atoms with Gasteiger partial charge < -0.3 is 16.0 Å². The van der Waals surface area contributed by atoms with E-state index >= 15 is 0 Å². The van der Waals surface area contributed by atoms with Crippen molar-refractivity contribution in [2.45, 2.75) is 38.5 Å². The second-order valence-electron chi connectivity index (χ2n) is 6.50. The van der Waals surface area contributed by atoms with E-state index < -0.39 is 0 Å². The number of nitrogens with zero attached hydrogens (tertiary/aromatic N) is 4. The van der Waals surface area contributed by atoms with Crippen molar-refractivity contribution >= 4 is 17.8 Å². The summed E-state index contributed by atoms with van der Waals surface area (Å²) < 4.78 is 0. The first-order valence-electron chi connectivity index (χ1n) is 7.76. The summed E-state index contributed by atoms with van der Waals surface area (Å²) in [6.07, 6.45) is 7.92. The molecule has 6 nitrogen and oxygen atoms in total. The minimum Gasteiger partial charge on any atom is -0.368 e. The van der Waals surface area contributed by atoms with Crippen molar-refractivity contribution in [1.82, 2.24) is 15.0 Å². The van der Waals surface area contributed by atoms with E-state index in [0.29, 0.717) is 17.3 Å². The summed E-state index contributed by atoms with van der Waals surface area (Å²) in [5.41, 5.74) is 6.36. The Kier molecular flexibility index (Phi) is 2.72. The van der Waals surface area contributed by atoms with Crippen LogP contribution in [-0.4, -0.2) is 34.6 Å². The van der Waals surface area contributed by atoms with Crippen LogP contribution in [0.25, 0.3) is 0 Å². The number of aromatic nitrogens is 3. The highest BCUT2D eigenvalue weighted by atomic mass is 15.3. The molecule has 2 aliphatic carbocycles. The van der Waals surface area contributed by atoms with E-state index in [1.165, 1.54) is 38.5 Å². The molecule has 0 bridgehead atoms. The van der Waals surface area contributed by atoms with Gasteiger partial charge in [-0.05, 0) is 49.9 Å². The van der Waals surface area contributed by atoms with Gasteiger partial charge in [0.2, 0.25) is 17.8 Å². The van der Waals surface area contributed by atoms with Gasteiger partial charge in [0.15, 0.2) is 0 Å². The summed E-state index contributed by atoms with van der Waals surface area (Å²) in [5, 5.41) is 3.40. The van der Waals surface area contributed by atoms with Gasteiger partial charge >= 0.3 is 0 Å². The largest absolute Gasteiger partial charge is 0.368 e. The Morgan fingerprint density at radius 1 is 1.15 bits per heavy atom. The van der Waals surface area contributed by atoms with Gasteiger partial charge in [0.1, 0.15) is 0 Å². The Labute approximate surface area is 119 Å². The number of nitrogens with one attached hydrogen (secondary N) is 1. The second kappa shape index (κ2) is 4.46. The highest BCUT2D eigenvalue weighted by Crippen LogP contribution is 2.61. The first kappa shape index (κ1) is 12.2. The minimum atomic E-state index is 0.320. The van der Waals surface area contributed by atoms with Crippen molar-refractivity contribution in [3.05, 3.63) is 0 Å². The molecule has 3 fully saturated rings. The number of rotatable bonds is 5. The van der Waals surface area contributed by atoms with Crippen LogP contribution in [0.1, 0.15) is 38.5 Å². The zero-order valence-corrected chi connectivity index (χ0v) is 11.8. The topological polar surface area (TPSA) is 80.0 Å². The van der Waals surface area contributed by atoms with Crippen molar-refractivity contribution < 1.29 is 0 Å². The van der Waals surface area contributed by atoms with E-state index in [4.69, 9.17) is 5.73 Å². The molecule has 3 aliphatic rings. The maximum Gasteiger partial charge on any atom is 0.231 e. The highest BCUT2D eigenvalue weighted by Gasteiger charge is 2.53. The summed E-state index contributed by atoms with van der Waals surface area (Å²) >= 11 is 0. The summed E-state index contributed by atoms with van der Waals surface area (Å²) in [7, 11) is 0. The fourth-order valence-corrected chi connectivity index (χ4v) is 3.36. The molecular weight excluding hydrogens is 252 g/mol. The van der Waals surface area contributed by atoms with Gasteiger partial charge in [0.05, 0.1) is 0 Å². The molecular formula is C14H22N6. The molecule has 2 heterocycles. The number of anilines is 3. The van der Waals surface area contributed by atoms with E-state index in [-0.39, 0.29) is 0 Å². The van der Waals surface area contributed by atoms with Crippen LogP contribution < -0.4 is 16.0 Å². The lowest BCUT2D eigenvalue weighted by atomic mass is 10.0. The van der Waals surface area contributed by atoms with Crippen molar-refractivity contribution in [3.8, 4) is 0 Å². The van der Waals surface area contributed by atoms with Crippen molar-refractivity contribution in [2.24, 2.45) is 11.3 Å². The first-order chi connectivity index (χ1) is 9.75. The lowest BCUT2D eigenvalue weighted by molar-refractivity contribution is 0.465. The molecule has 108 valence electrons. The number of hydrogen-bond donors (Lipinski definition) is 2. The maximum atomic E-state index is 5.83. The molecule has 20 heavy (non-hydrogen) atoms. The molecule has 6 heteroatoms. The predicted octanol–water partition coefficient (Wildman–Crippen LogP) is 1.66. The molecule has 0 aromatic carbocycles. The predicted molar refractivity (Wildman–Crippen MR) is 78.6 cm³/mol. The molecule has 1 aliphatic heterocycles. The quantitative estimate of drug-likeness (QED) is 0.850. The molecule has 1 aromatic rings. The molecule has 1 aromatic heterocycles. The normalized spacial score (nSPS) is 23.9. The third kappa shape index (κ3) is 2.27. The molecule has 0 spiro atoms. The molecule has 0 atom stereocenters. The summed E-state index contributed by atoms with van der Waals surface area (Å²) in [6.45, 7) is 3.03. The lowest BCUT2D eigenvalue weighted by Gasteiger charge is -2.18. The monoisotopic (exact) mass is 274 g/mol. The van der Waals surface area contributed by atoms with Crippen LogP contribution in [0.15, 0.2) is 0 Å². The van der Waals surface area contributed by atoms with Gasteiger partial charge in [0.25, 0.3) is 0 Å². The van der Waals surface area contributed by atoms with Crippen molar-refractivity contribution in [1.29, 1.82) is 0 Å². The summed E-state index contributed by atoms with van der Waals surface area (Å²) in [5.74, 6) is 2.63. The van der Waals surface area contributed by atoms with E-state index in [9.17, 15) is 0 Å². The molecule has 0 unspecified atom stereocenters. The zero-order chi connectivity index (χ0) is 13.6. The smallest absolute Gasteiger partial charge is 0.231 e. The fourth-order valence-electron chi connectivity index (χ4n) is 3.36. The van der Waals surface area contributed by atoms with E-state index in [1.54, 1.807) is 0 Å². The van der Waals surface area contributed by atoms with Crippen molar-refractivity contribution in [3.63, 3.8) is 0 Å². The van der Waals surface area contributed by atoms with E-state index in [0.717, 1.165) is 31.5 Å². The third-order valence-electron chi connectivity index (χ3n) is 4.96. The highest BCUT2D eigenvalue weighted by molar-refractivity contribution is 5.42. The third-order valence-corrected chi connectivity index (χ3v) is 4.96. The Morgan fingerprint density at radius 2 is 1.90 bits per heavy atom. The Balaban J connectivity index is 1.46. The molecule has 0 amide bonds. The number of nitrogen functional groups attached to an aromatic ring is 1. The van der Waals surface area contributed by atoms with Crippen LogP contribution >= 0.6 is 0 Å². The van der Waals surface area contributed by atoms with Crippen LogP contribution in [0.2, 0.25) is 0 Å². The second-order valence-corrected chi connectivity index (χ2v) is 6.50. The molecule has 4 rings (SSSR count). The first-order valence-corrected chi connectivity index (χ1v) is 7.76. The Morgan fingerprint density at radius 3 is 2.55 bits per heavy atom. The van der Waals surface area contributed by atoms with Crippen LogP contribution in [0.4, 0.5) is 17.8 Å². The van der Waals surface area contributed by atoms with Gasteiger partial charge in [-0.1, -0.05) is 0 Å². The average Bonchev–Trinajstić information content (AvgIpc) is 3.34. The number of nitrogens with two attached hydrogens (primary N) is 1. The molecule has 1 saturated heterocycles. The van der Waals surface area contributed by atoms with Gasteiger partial charge in [-0.3, -0.25) is 0 Å². The molecule has 3 N–H and O–H groups in total. The fraction of sp³-hybridized carbons (Fsp3) is 0.786. The van der Waals surface area contributed by atoms with E-state index in [2.05, 4.69) is 25.2 Å². The van der Waals surface area contributed by atoms with Gasteiger partial charge in [0, 0.05) is 19.6 Å². The van der Waals surface area contributed by atoms with Crippen LogP contribution in [0.5, 0.6) is 0 Å². The van der Waals surface area contributed by atoms with Crippen LogP contribution in [-0.2, 0) is 0 Å². The maximum absolute atomic E-state index is 5.83. The average molecular weight is 274 g/mol. The standard InChI is InChI=1S/C14H22N6/c15-11-17-12(16-9-14(5-6-14)10-3-4-10)19-13(18-11)20-7-1-2-8-20/h10H,1-9H2,(H3,15,16,17,18,19). The van der Waals surface area contributed by atoms with Gasteiger partial charge in [-0.15, -0.1) is 0 Å². The van der Waals surface area contributed by atoms with Crippen LogP contribution in [0.3, 0.4) is 0 Å². The molecule has 2 saturated carbocycles. The lowest BCUT2D eigenvalue weighted by Crippen LogP contribution is -2.23. The van der Waals surface area contributed by atoms with Gasteiger partial charge in [-0.25, -0.2) is 0 Å². The Hall–Kier alpha value is -1.59. The number of hydrogen-bond acceptors (Lipinski definition) is 6. The minimum absolute atomic E-state index is 0.320. The van der Waals surface area contributed by atoms with Crippen molar-refractivity contribution in [2.75, 3.05) is 35.6 Å². The van der Waals surface area contributed by atoms with E-state index in [1.807, 2.05) is 0 Å². The Bertz CT molecular complexity index is 502. The SMILES string of the molecule is Nc1nc(NCC2(C3CC3)CC2)nc(N2CCCC2)n1. The summed E-state index contributed by atoms with van der Waals surface area (Å²) in [6, 6.07) is 0. The van der Waals surface area contributed by atoms with Crippen LogP contribution in [0, 0.1) is 11.3 Å². The molecule has 0 radical (unpaired) electrons. The summed E-state index contributed by atoms with van der Waals surface area (Å²) in [4.78, 5) is 15.2.